The normalized spacial score (nSPS) is 16.0. The van der Waals surface area contributed by atoms with Crippen LogP contribution in [-0.2, 0) is 11.4 Å². The Labute approximate surface area is 198 Å². The summed E-state index contributed by atoms with van der Waals surface area (Å²) in [6.45, 7) is 2.39. The van der Waals surface area contributed by atoms with E-state index < -0.39 is 0 Å². The zero-order valence-electron chi connectivity index (χ0n) is 16.6. The van der Waals surface area contributed by atoms with Gasteiger partial charge in [-0.15, -0.1) is 0 Å². The van der Waals surface area contributed by atoms with Crippen LogP contribution in [0.5, 0.6) is 5.75 Å². The monoisotopic (exact) mass is 512 g/mol. The maximum Gasteiger partial charge on any atom is 0.264 e. The molecule has 0 aliphatic carbocycles. The predicted octanol–water partition coefficient (Wildman–Crippen LogP) is 6.88. The van der Waals surface area contributed by atoms with E-state index in [2.05, 4.69) is 26.2 Å². The van der Waals surface area contributed by atoms with Crippen molar-refractivity contribution in [2.24, 2.45) is 4.99 Å². The fraction of sp³-hybridized carbons (Fsp3) is 0.0833. The van der Waals surface area contributed by atoms with Crippen molar-refractivity contribution in [3.05, 3.63) is 97.8 Å². The fourth-order valence-corrected chi connectivity index (χ4v) is 4.16. The summed E-state index contributed by atoms with van der Waals surface area (Å²) in [7, 11) is 0. The van der Waals surface area contributed by atoms with Gasteiger partial charge in [0.25, 0.3) is 5.91 Å². The van der Waals surface area contributed by atoms with E-state index in [1.807, 2.05) is 73.7 Å². The minimum atomic E-state index is -0.189. The second-order valence-corrected chi connectivity index (χ2v) is 9.25. The lowest BCUT2D eigenvalue weighted by atomic mass is 10.2. The third-order valence-electron chi connectivity index (χ3n) is 4.56. The Morgan fingerprint density at radius 2 is 1.90 bits per heavy atom. The van der Waals surface area contributed by atoms with Crippen LogP contribution in [0.1, 0.15) is 16.7 Å². The number of nitrogens with zero attached hydrogens (tertiary/aromatic N) is 1. The van der Waals surface area contributed by atoms with E-state index in [4.69, 9.17) is 16.3 Å². The lowest BCUT2D eigenvalue weighted by molar-refractivity contribution is -0.115. The van der Waals surface area contributed by atoms with Crippen molar-refractivity contribution >= 4 is 62.1 Å². The van der Waals surface area contributed by atoms with Crippen LogP contribution < -0.4 is 10.1 Å². The van der Waals surface area contributed by atoms with Crippen molar-refractivity contribution in [2.45, 2.75) is 13.5 Å². The number of halogens is 2. The number of thioether (sulfide) groups is 1. The first kappa shape index (κ1) is 21.7. The van der Waals surface area contributed by atoms with E-state index in [-0.39, 0.29) is 5.91 Å². The van der Waals surface area contributed by atoms with Crippen LogP contribution >= 0.6 is 39.3 Å². The highest BCUT2D eigenvalue weighted by atomic mass is 79.9. The van der Waals surface area contributed by atoms with Crippen molar-refractivity contribution in [3.63, 3.8) is 0 Å². The predicted molar refractivity (Wildman–Crippen MR) is 132 cm³/mol. The number of para-hydroxylation sites is 1. The number of nitrogens with one attached hydrogen (secondary N) is 1. The average molecular weight is 514 g/mol. The molecule has 156 valence electrons. The van der Waals surface area contributed by atoms with Crippen molar-refractivity contribution in [1.29, 1.82) is 0 Å². The Hall–Kier alpha value is -2.54. The molecular weight excluding hydrogens is 496 g/mol. The SMILES string of the molecule is Cc1ccc(Cl)cc1N=C1NC(=O)/C(=C/c2ccccc2OCc2ccc(Br)cc2)S1. The molecule has 0 atom stereocenters. The van der Waals surface area contributed by atoms with E-state index in [1.165, 1.54) is 11.8 Å². The Morgan fingerprint density at radius 1 is 1.13 bits per heavy atom. The zero-order valence-corrected chi connectivity index (χ0v) is 19.7. The quantitative estimate of drug-likeness (QED) is 0.378. The Kier molecular flexibility index (Phi) is 6.80. The topological polar surface area (TPSA) is 50.7 Å². The Bertz CT molecular complexity index is 1190. The number of ether oxygens (including phenoxy) is 1. The minimum absolute atomic E-state index is 0.189. The number of carbonyl (C=O) groups excluding carboxylic acids is 1. The third-order valence-corrected chi connectivity index (χ3v) is 6.23. The number of aryl methyl sites for hydroxylation is 1. The maximum atomic E-state index is 12.5. The van der Waals surface area contributed by atoms with Crippen molar-refractivity contribution in [2.75, 3.05) is 0 Å². The van der Waals surface area contributed by atoms with Gasteiger partial charge >= 0.3 is 0 Å². The summed E-state index contributed by atoms with van der Waals surface area (Å²) in [6, 6.07) is 21.1. The molecule has 7 heteroatoms. The molecule has 0 unspecified atom stereocenters. The molecule has 4 nitrogen and oxygen atoms in total. The van der Waals surface area contributed by atoms with E-state index in [0.717, 1.165) is 26.9 Å². The van der Waals surface area contributed by atoms with Crippen LogP contribution in [0, 0.1) is 6.92 Å². The van der Waals surface area contributed by atoms with Gasteiger partial charge in [-0.2, -0.15) is 0 Å². The molecule has 3 aromatic carbocycles. The van der Waals surface area contributed by atoms with E-state index in [0.29, 0.717) is 27.5 Å². The van der Waals surface area contributed by atoms with Gasteiger partial charge in [0.1, 0.15) is 12.4 Å². The number of hydrogen-bond donors (Lipinski definition) is 1. The number of hydrogen-bond acceptors (Lipinski definition) is 4. The lowest BCUT2D eigenvalue weighted by Gasteiger charge is -2.09. The van der Waals surface area contributed by atoms with Gasteiger partial charge in [-0.05, 0) is 66.2 Å². The van der Waals surface area contributed by atoms with E-state index in [1.54, 1.807) is 6.07 Å². The van der Waals surface area contributed by atoms with Gasteiger partial charge in [0, 0.05) is 15.1 Å². The summed E-state index contributed by atoms with van der Waals surface area (Å²) < 4.78 is 7.04. The highest BCUT2D eigenvalue weighted by Crippen LogP contribution is 2.32. The van der Waals surface area contributed by atoms with Gasteiger partial charge in [-0.25, -0.2) is 4.99 Å². The fourth-order valence-electron chi connectivity index (χ4n) is 2.91. The number of benzene rings is 3. The molecule has 0 bridgehead atoms. The van der Waals surface area contributed by atoms with Crippen molar-refractivity contribution in [3.8, 4) is 5.75 Å². The highest BCUT2D eigenvalue weighted by molar-refractivity contribution is 9.10. The molecule has 1 N–H and O–H groups in total. The molecule has 0 radical (unpaired) electrons. The first-order chi connectivity index (χ1) is 15.0. The van der Waals surface area contributed by atoms with Crippen LogP contribution in [-0.4, -0.2) is 11.1 Å². The third kappa shape index (κ3) is 5.58. The summed E-state index contributed by atoms with van der Waals surface area (Å²) in [4.78, 5) is 17.6. The van der Waals surface area contributed by atoms with Gasteiger partial charge in [-0.1, -0.05) is 63.9 Å². The van der Waals surface area contributed by atoms with Gasteiger partial charge in [0.05, 0.1) is 10.6 Å². The molecule has 1 heterocycles. The van der Waals surface area contributed by atoms with Crippen LogP contribution in [0.3, 0.4) is 0 Å². The molecule has 1 amide bonds. The minimum Gasteiger partial charge on any atom is -0.488 e. The smallest absolute Gasteiger partial charge is 0.264 e. The average Bonchev–Trinajstić information content (AvgIpc) is 3.10. The highest BCUT2D eigenvalue weighted by Gasteiger charge is 2.24. The first-order valence-electron chi connectivity index (χ1n) is 9.50. The van der Waals surface area contributed by atoms with E-state index >= 15 is 0 Å². The summed E-state index contributed by atoms with van der Waals surface area (Å²) in [6.07, 6.45) is 1.82. The van der Waals surface area contributed by atoms with E-state index in [9.17, 15) is 4.79 Å². The molecule has 0 saturated carbocycles. The summed E-state index contributed by atoms with van der Waals surface area (Å²) in [5.41, 5.74) is 3.60. The van der Waals surface area contributed by atoms with Gasteiger partial charge < -0.3 is 10.1 Å². The van der Waals surface area contributed by atoms with Crippen LogP contribution in [0.2, 0.25) is 5.02 Å². The second kappa shape index (κ2) is 9.73. The number of aliphatic imine (C=N–C) groups is 1. The number of amidine groups is 1. The summed E-state index contributed by atoms with van der Waals surface area (Å²) in [5, 5.41) is 3.95. The standard InChI is InChI=1S/C24H18BrClN2O2S/c1-15-6-11-19(26)13-20(15)27-24-28-23(29)22(31-24)12-17-4-2-3-5-21(17)30-14-16-7-9-18(25)10-8-16/h2-13H,14H2,1H3,(H,27,28,29)/b22-12-. The van der Waals surface area contributed by atoms with Crippen LogP contribution in [0.4, 0.5) is 5.69 Å². The zero-order chi connectivity index (χ0) is 21.8. The van der Waals surface area contributed by atoms with Crippen LogP contribution in [0.25, 0.3) is 6.08 Å². The summed E-state index contributed by atoms with van der Waals surface area (Å²) in [5.74, 6) is 0.522. The molecule has 4 rings (SSSR count). The van der Waals surface area contributed by atoms with Gasteiger partial charge in [-0.3, -0.25) is 4.79 Å². The molecule has 31 heavy (non-hydrogen) atoms. The van der Waals surface area contributed by atoms with Gasteiger partial charge in [0.2, 0.25) is 0 Å². The Balaban J connectivity index is 1.53. The summed E-state index contributed by atoms with van der Waals surface area (Å²) >= 11 is 10.8. The number of rotatable bonds is 5. The van der Waals surface area contributed by atoms with Crippen molar-refractivity contribution in [1.82, 2.24) is 5.32 Å². The molecule has 1 fully saturated rings. The molecular formula is C24H18BrClN2O2S. The molecule has 0 aromatic heterocycles. The number of amides is 1. The maximum absolute atomic E-state index is 12.5. The van der Waals surface area contributed by atoms with Gasteiger partial charge in [0.15, 0.2) is 5.17 Å². The molecule has 3 aromatic rings. The lowest BCUT2D eigenvalue weighted by Crippen LogP contribution is -2.19. The Morgan fingerprint density at radius 3 is 2.71 bits per heavy atom. The first-order valence-corrected chi connectivity index (χ1v) is 11.5. The van der Waals surface area contributed by atoms with Crippen LogP contribution in [0.15, 0.2) is 81.1 Å². The number of carbonyl (C=O) groups is 1. The molecule has 1 saturated heterocycles. The van der Waals surface area contributed by atoms with Crippen molar-refractivity contribution < 1.29 is 9.53 Å². The molecule has 0 spiro atoms. The molecule has 1 aliphatic rings. The second-order valence-electron chi connectivity index (χ2n) is 6.87. The largest absolute Gasteiger partial charge is 0.488 e. The molecule has 1 aliphatic heterocycles.